The summed E-state index contributed by atoms with van der Waals surface area (Å²) in [5, 5.41) is 3.01. The maximum atomic E-state index is 12.2. The van der Waals surface area contributed by atoms with E-state index >= 15 is 0 Å². The Morgan fingerprint density at radius 3 is 2.26 bits per heavy atom. The van der Waals surface area contributed by atoms with Crippen LogP contribution >= 0.6 is 0 Å². The highest BCUT2D eigenvalue weighted by molar-refractivity contribution is 5.89. The molecule has 3 heteroatoms. The lowest BCUT2D eigenvalue weighted by molar-refractivity contribution is 0.186. The molecule has 0 radical (unpaired) electrons. The summed E-state index contributed by atoms with van der Waals surface area (Å²) in [7, 11) is 1.91. The molecule has 0 spiro atoms. The second kappa shape index (κ2) is 6.09. The van der Waals surface area contributed by atoms with Gasteiger partial charge < -0.3 is 10.2 Å². The van der Waals surface area contributed by atoms with Crippen molar-refractivity contribution in [1.29, 1.82) is 0 Å². The number of carbonyl (C=O) groups excluding carboxylic acids is 1. The lowest BCUT2D eigenvalue weighted by Gasteiger charge is -2.31. The Hall–Kier alpha value is -1.51. The molecule has 0 aliphatic heterocycles. The number of urea groups is 1. The van der Waals surface area contributed by atoms with Crippen LogP contribution in [0.5, 0.6) is 0 Å². The summed E-state index contributed by atoms with van der Waals surface area (Å²) < 4.78 is 0. The van der Waals surface area contributed by atoms with Gasteiger partial charge in [0.1, 0.15) is 0 Å². The first-order chi connectivity index (χ1) is 9.06. The Morgan fingerprint density at radius 1 is 1.11 bits per heavy atom. The van der Waals surface area contributed by atoms with Crippen LogP contribution in [0, 0.1) is 13.8 Å². The zero-order chi connectivity index (χ0) is 13.8. The van der Waals surface area contributed by atoms with E-state index in [0.29, 0.717) is 6.04 Å². The van der Waals surface area contributed by atoms with Crippen LogP contribution in [0.15, 0.2) is 18.2 Å². The number of aryl methyl sites for hydroxylation is 2. The lowest BCUT2D eigenvalue weighted by atomic mass is 9.95. The van der Waals surface area contributed by atoms with Crippen molar-refractivity contribution in [1.82, 2.24) is 4.90 Å². The van der Waals surface area contributed by atoms with Gasteiger partial charge in [-0.15, -0.1) is 0 Å². The van der Waals surface area contributed by atoms with Gasteiger partial charge in [0.2, 0.25) is 0 Å². The number of hydrogen-bond donors (Lipinski definition) is 1. The Labute approximate surface area is 116 Å². The van der Waals surface area contributed by atoms with E-state index in [-0.39, 0.29) is 6.03 Å². The molecule has 0 heterocycles. The molecule has 0 atom stereocenters. The first kappa shape index (κ1) is 13.9. The molecule has 1 aliphatic rings. The fourth-order valence-electron chi connectivity index (χ4n) is 2.89. The van der Waals surface area contributed by atoms with E-state index in [2.05, 4.69) is 11.4 Å². The normalized spacial score (nSPS) is 16.2. The molecular formula is C16H24N2O. The van der Waals surface area contributed by atoms with Crippen molar-refractivity contribution >= 4 is 11.7 Å². The summed E-state index contributed by atoms with van der Waals surface area (Å²) in [6, 6.07) is 6.55. The zero-order valence-electron chi connectivity index (χ0n) is 12.2. The first-order valence-corrected chi connectivity index (χ1v) is 7.18. The Morgan fingerprint density at radius 2 is 1.68 bits per heavy atom. The van der Waals surface area contributed by atoms with E-state index in [9.17, 15) is 4.79 Å². The summed E-state index contributed by atoms with van der Waals surface area (Å²) in [5.41, 5.74) is 3.25. The molecule has 2 amide bonds. The molecule has 1 aliphatic carbocycles. The van der Waals surface area contributed by atoms with Gasteiger partial charge in [-0.2, -0.15) is 0 Å². The molecule has 1 aromatic rings. The third-order valence-electron chi connectivity index (χ3n) is 3.92. The highest BCUT2D eigenvalue weighted by Crippen LogP contribution is 2.22. The van der Waals surface area contributed by atoms with Crippen LogP contribution in [0.4, 0.5) is 10.5 Å². The number of amides is 2. The van der Waals surface area contributed by atoms with Gasteiger partial charge in [0.05, 0.1) is 0 Å². The molecule has 0 saturated heterocycles. The van der Waals surface area contributed by atoms with Crippen LogP contribution in [0.1, 0.15) is 43.2 Å². The Balaban J connectivity index is 1.99. The fourth-order valence-corrected chi connectivity index (χ4v) is 2.89. The lowest BCUT2D eigenvalue weighted by Crippen LogP contribution is -2.40. The topological polar surface area (TPSA) is 32.3 Å². The molecule has 104 valence electrons. The molecule has 0 bridgehead atoms. The van der Waals surface area contributed by atoms with Crippen LogP contribution < -0.4 is 5.32 Å². The van der Waals surface area contributed by atoms with Crippen molar-refractivity contribution in [2.75, 3.05) is 12.4 Å². The van der Waals surface area contributed by atoms with Gasteiger partial charge >= 0.3 is 6.03 Å². The maximum absolute atomic E-state index is 12.2. The average Bonchev–Trinajstić information content (AvgIpc) is 2.37. The second-order valence-electron chi connectivity index (χ2n) is 5.71. The molecule has 1 saturated carbocycles. The number of anilines is 1. The van der Waals surface area contributed by atoms with Crippen molar-refractivity contribution in [2.45, 2.75) is 52.0 Å². The van der Waals surface area contributed by atoms with Crippen molar-refractivity contribution in [3.8, 4) is 0 Å². The first-order valence-electron chi connectivity index (χ1n) is 7.18. The minimum atomic E-state index is 0.0110. The number of benzene rings is 1. The number of nitrogens with zero attached hydrogens (tertiary/aromatic N) is 1. The van der Waals surface area contributed by atoms with Gasteiger partial charge in [-0.3, -0.25) is 0 Å². The molecule has 3 nitrogen and oxygen atoms in total. The number of rotatable bonds is 2. The maximum Gasteiger partial charge on any atom is 0.321 e. The quantitative estimate of drug-likeness (QED) is 0.853. The van der Waals surface area contributed by atoms with Gasteiger partial charge in [0.25, 0.3) is 0 Å². The van der Waals surface area contributed by atoms with E-state index in [4.69, 9.17) is 0 Å². The predicted molar refractivity (Wildman–Crippen MR) is 79.6 cm³/mol. The van der Waals surface area contributed by atoms with Gasteiger partial charge in [0, 0.05) is 18.8 Å². The van der Waals surface area contributed by atoms with Crippen LogP contribution in [0.3, 0.4) is 0 Å². The smallest absolute Gasteiger partial charge is 0.321 e. The standard InChI is InChI=1S/C16H24N2O/c1-12-9-13(2)11-14(10-12)17-16(19)18(3)15-7-5-4-6-8-15/h9-11,15H,4-8H2,1-3H3,(H,17,19). The van der Waals surface area contributed by atoms with Crippen LogP contribution in [-0.2, 0) is 0 Å². The highest BCUT2D eigenvalue weighted by Gasteiger charge is 2.21. The highest BCUT2D eigenvalue weighted by atomic mass is 16.2. The van der Waals surface area contributed by atoms with Crippen molar-refractivity contribution < 1.29 is 4.79 Å². The van der Waals surface area contributed by atoms with Crippen molar-refractivity contribution in [3.63, 3.8) is 0 Å². The third-order valence-corrected chi connectivity index (χ3v) is 3.92. The summed E-state index contributed by atoms with van der Waals surface area (Å²) >= 11 is 0. The third kappa shape index (κ3) is 3.72. The van der Waals surface area contributed by atoms with Gasteiger partial charge in [0.15, 0.2) is 0 Å². The predicted octanol–water partition coefficient (Wildman–Crippen LogP) is 4.10. The fraction of sp³-hybridized carbons (Fsp3) is 0.562. The summed E-state index contributed by atoms with van der Waals surface area (Å²) in [4.78, 5) is 14.1. The SMILES string of the molecule is Cc1cc(C)cc(NC(=O)N(C)C2CCCCC2)c1. The largest absolute Gasteiger partial charge is 0.325 e. The number of hydrogen-bond acceptors (Lipinski definition) is 1. The molecule has 0 unspecified atom stereocenters. The molecule has 1 aromatic carbocycles. The molecule has 0 aromatic heterocycles. The van der Waals surface area contributed by atoms with Gasteiger partial charge in [-0.25, -0.2) is 4.79 Å². The minimum Gasteiger partial charge on any atom is -0.325 e. The van der Waals surface area contributed by atoms with E-state index in [1.807, 2.05) is 37.9 Å². The molecule has 1 fully saturated rings. The zero-order valence-corrected chi connectivity index (χ0v) is 12.2. The molecular weight excluding hydrogens is 236 g/mol. The van der Waals surface area contributed by atoms with E-state index in [0.717, 1.165) is 18.5 Å². The summed E-state index contributed by atoms with van der Waals surface area (Å²) in [6.07, 6.45) is 6.06. The van der Waals surface area contributed by atoms with Crippen molar-refractivity contribution in [2.24, 2.45) is 0 Å². The Kier molecular flexibility index (Phi) is 4.46. The average molecular weight is 260 g/mol. The van der Waals surface area contributed by atoms with Crippen LogP contribution in [-0.4, -0.2) is 24.0 Å². The summed E-state index contributed by atoms with van der Waals surface area (Å²) in [6.45, 7) is 4.10. The Bertz CT molecular complexity index is 430. The van der Waals surface area contributed by atoms with Crippen LogP contribution in [0.2, 0.25) is 0 Å². The number of carbonyl (C=O) groups is 1. The van der Waals surface area contributed by atoms with Gasteiger partial charge in [-0.05, 0) is 49.9 Å². The summed E-state index contributed by atoms with van der Waals surface area (Å²) in [5.74, 6) is 0. The monoisotopic (exact) mass is 260 g/mol. The van der Waals surface area contributed by atoms with E-state index in [1.54, 1.807) is 0 Å². The van der Waals surface area contributed by atoms with Crippen LogP contribution in [0.25, 0.3) is 0 Å². The molecule has 2 rings (SSSR count). The van der Waals surface area contributed by atoms with Gasteiger partial charge in [-0.1, -0.05) is 25.3 Å². The minimum absolute atomic E-state index is 0.0110. The van der Waals surface area contributed by atoms with Crippen molar-refractivity contribution in [3.05, 3.63) is 29.3 Å². The number of nitrogens with one attached hydrogen (secondary N) is 1. The van der Waals surface area contributed by atoms with E-state index in [1.165, 1.54) is 30.4 Å². The van der Waals surface area contributed by atoms with E-state index < -0.39 is 0 Å². The molecule has 1 N–H and O–H groups in total. The second-order valence-corrected chi connectivity index (χ2v) is 5.71. The molecule has 19 heavy (non-hydrogen) atoms.